The van der Waals surface area contributed by atoms with E-state index in [0.29, 0.717) is 17.9 Å². The van der Waals surface area contributed by atoms with E-state index in [2.05, 4.69) is 22.0 Å². The molecule has 0 spiro atoms. The first-order valence-electron chi connectivity index (χ1n) is 4.46. The minimum atomic E-state index is -0.659. The van der Waals surface area contributed by atoms with Crippen LogP contribution in [0.15, 0.2) is 37.9 Å². The normalized spacial score (nSPS) is 10.5. The molecule has 0 saturated carbocycles. The van der Waals surface area contributed by atoms with Crippen molar-refractivity contribution in [2.24, 2.45) is 0 Å². The van der Waals surface area contributed by atoms with Gasteiger partial charge < -0.3 is 8.83 Å². The summed E-state index contributed by atoms with van der Waals surface area (Å²) >= 11 is 3.29. The zero-order chi connectivity index (χ0) is 10.7. The highest BCUT2D eigenvalue weighted by atomic mass is 79.9. The number of hydrogen-bond acceptors (Lipinski definition) is 3. The Balaban J connectivity index is 2.48. The van der Waals surface area contributed by atoms with Crippen LogP contribution >= 0.6 is 15.9 Å². The fraction of sp³-hybridized carbons (Fsp3) is 0.182. The summed E-state index contributed by atoms with van der Waals surface area (Å²) in [5.41, 5.74) is 0.829. The summed E-state index contributed by atoms with van der Waals surface area (Å²) in [6.45, 7) is 0. The van der Waals surface area contributed by atoms with Gasteiger partial charge in [-0.15, -0.1) is 0 Å². The number of rotatable bonds is 3. The molecule has 0 N–H and O–H groups in total. The average Bonchev–Trinajstić information content (AvgIpc) is 2.62. The van der Waals surface area contributed by atoms with Gasteiger partial charge in [-0.1, -0.05) is 40.2 Å². The molecule has 2 rings (SSSR count). The van der Waals surface area contributed by atoms with Crippen LogP contribution in [0.4, 0.5) is 0 Å². The highest BCUT2D eigenvalue weighted by molar-refractivity contribution is 9.09. The highest BCUT2D eigenvalue weighted by Gasteiger charge is 2.13. The van der Waals surface area contributed by atoms with E-state index < -0.39 is 5.82 Å². The summed E-state index contributed by atoms with van der Waals surface area (Å²) in [4.78, 5) is 11.0. The summed E-state index contributed by atoms with van der Waals surface area (Å²) in [6.07, 6.45) is 0.625. The van der Waals surface area contributed by atoms with Crippen molar-refractivity contribution in [2.75, 3.05) is 5.33 Å². The lowest BCUT2D eigenvalue weighted by molar-refractivity contribution is 0.378. The van der Waals surface area contributed by atoms with E-state index in [4.69, 9.17) is 8.83 Å². The Labute approximate surface area is 94.8 Å². The number of aryl methyl sites for hydroxylation is 1. The Morgan fingerprint density at radius 3 is 2.67 bits per heavy atom. The van der Waals surface area contributed by atoms with Crippen LogP contribution in [0.25, 0.3) is 11.3 Å². The van der Waals surface area contributed by atoms with Gasteiger partial charge in [-0.2, -0.15) is 0 Å². The van der Waals surface area contributed by atoms with Gasteiger partial charge in [-0.3, -0.25) is 0 Å². The molecule has 0 unspecified atom stereocenters. The van der Waals surface area contributed by atoms with Crippen molar-refractivity contribution in [1.82, 2.24) is 0 Å². The van der Waals surface area contributed by atoms with Crippen LogP contribution in [0.3, 0.4) is 0 Å². The zero-order valence-corrected chi connectivity index (χ0v) is 9.41. The summed E-state index contributed by atoms with van der Waals surface area (Å²) in [5, 5.41) is 0.724. The second kappa shape index (κ2) is 4.49. The van der Waals surface area contributed by atoms with Gasteiger partial charge in [0.2, 0.25) is 0 Å². The molecular weight excluding hydrogens is 260 g/mol. The van der Waals surface area contributed by atoms with Crippen LogP contribution in [0.5, 0.6) is 0 Å². The molecule has 1 radical (unpaired) electrons. The van der Waals surface area contributed by atoms with E-state index in [1.807, 2.05) is 12.1 Å². The number of hydrogen-bond donors (Lipinski definition) is 0. The first kappa shape index (κ1) is 10.2. The Morgan fingerprint density at radius 1 is 1.27 bits per heavy atom. The van der Waals surface area contributed by atoms with Gasteiger partial charge in [-0.25, -0.2) is 4.79 Å². The predicted molar refractivity (Wildman–Crippen MR) is 59.0 cm³/mol. The van der Waals surface area contributed by atoms with Gasteiger partial charge in [0, 0.05) is 17.3 Å². The second-order valence-corrected chi connectivity index (χ2v) is 3.73. The molecule has 0 fully saturated rings. The van der Waals surface area contributed by atoms with Gasteiger partial charge in [0.1, 0.15) is 0 Å². The van der Waals surface area contributed by atoms with Crippen LogP contribution in [-0.4, -0.2) is 5.33 Å². The lowest BCUT2D eigenvalue weighted by Crippen LogP contribution is -1.87. The molecule has 4 heteroatoms. The monoisotopic (exact) mass is 267 g/mol. The lowest BCUT2D eigenvalue weighted by Gasteiger charge is -1.96. The standard InChI is InChI=1S/C11H8BrO3/c12-7-6-9-10(15-11(13)14-9)8-4-2-1-3-5-8/h2-5H,6-7H2. The summed E-state index contributed by atoms with van der Waals surface area (Å²) < 4.78 is 9.94. The van der Waals surface area contributed by atoms with E-state index in [0.717, 1.165) is 10.9 Å². The van der Waals surface area contributed by atoms with Gasteiger partial charge in [0.25, 0.3) is 0 Å². The first-order chi connectivity index (χ1) is 7.31. The Morgan fingerprint density at radius 2 is 2.00 bits per heavy atom. The Bertz CT molecular complexity index is 484. The number of alkyl halides is 1. The molecule has 0 aliphatic heterocycles. The maximum absolute atomic E-state index is 11.0. The van der Waals surface area contributed by atoms with Crippen molar-refractivity contribution in [2.45, 2.75) is 6.42 Å². The molecule has 0 atom stereocenters. The molecule has 1 aromatic carbocycles. The molecule has 3 nitrogen and oxygen atoms in total. The third-order valence-corrected chi connectivity index (χ3v) is 2.34. The average molecular weight is 268 g/mol. The molecule has 0 aliphatic carbocycles. The minimum Gasteiger partial charge on any atom is -0.395 e. The van der Waals surface area contributed by atoms with Crippen LogP contribution < -0.4 is 5.82 Å². The Kier molecular flexibility index (Phi) is 3.06. The van der Waals surface area contributed by atoms with Gasteiger partial charge >= 0.3 is 5.82 Å². The molecule has 2 aromatic rings. The number of halogens is 1. The Hall–Kier alpha value is -1.29. The van der Waals surface area contributed by atoms with Crippen LogP contribution in [0.1, 0.15) is 5.76 Å². The fourth-order valence-corrected chi connectivity index (χ4v) is 1.68. The smallest absolute Gasteiger partial charge is 0.395 e. The maximum Gasteiger partial charge on any atom is 0.519 e. The first-order valence-corrected chi connectivity index (χ1v) is 5.58. The summed E-state index contributed by atoms with van der Waals surface area (Å²) in [6, 6.07) is 10.1. The molecule has 1 heterocycles. The summed E-state index contributed by atoms with van der Waals surface area (Å²) in [7, 11) is 0. The van der Waals surface area contributed by atoms with Crippen LogP contribution in [-0.2, 0) is 6.42 Å². The third-order valence-electron chi connectivity index (χ3n) is 1.95. The van der Waals surface area contributed by atoms with E-state index in [1.54, 1.807) is 12.1 Å². The van der Waals surface area contributed by atoms with Gasteiger partial charge in [0.15, 0.2) is 11.5 Å². The molecule has 0 bridgehead atoms. The zero-order valence-electron chi connectivity index (χ0n) is 7.83. The van der Waals surface area contributed by atoms with E-state index in [-0.39, 0.29) is 0 Å². The largest absolute Gasteiger partial charge is 0.519 e. The quantitative estimate of drug-likeness (QED) is 0.804. The topological polar surface area (TPSA) is 43.4 Å². The molecule has 77 valence electrons. The molecule has 0 saturated heterocycles. The van der Waals surface area contributed by atoms with Crippen molar-refractivity contribution in [3.63, 3.8) is 0 Å². The van der Waals surface area contributed by atoms with Crippen LogP contribution in [0.2, 0.25) is 0 Å². The molecule has 1 aromatic heterocycles. The molecular formula is C11H8BrO3. The molecule has 15 heavy (non-hydrogen) atoms. The summed E-state index contributed by atoms with van der Waals surface area (Å²) in [5.74, 6) is 0.422. The van der Waals surface area contributed by atoms with Crippen molar-refractivity contribution in [3.8, 4) is 11.3 Å². The lowest BCUT2D eigenvalue weighted by atomic mass is 10.1. The second-order valence-electron chi connectivity index (χ2n) is 2.93. The van der Waals surface area contributed by atoms with Crippen molar-refractivity contribution >= 4 is 15.9 Å². The molecule has 0 aliphatic rings. The van der Waals surface area contributed by atoms with Crippen molar-refractivity contribution in [3.05, 3.63) is 46.7 Å². The third kappa shape index (κ3) is 2.21. The van der Waals surface area contributed by atoms with Gasteiger partial charge in [-0.05, 0) is 6.07 Å². The van der Waals surface area contributed by atoms with Crippen LogP contribution in [0, 0.1) is 6.07 Å². The van der Waals surface area contributed by atoms with E-state index >= 15 is 0 Å². The highest BCUT2D eigenvalue weighted by Crippen LogP contribution is 2.23. The number of benzene rings is 1. The minimum absolute atomic E-state index is 0.508. The maximum atomic E-state index is 11.0. The van der Waals surface area contributed by atoms with Gasteiger partial charge in [0.05, 0.1) is 0 Å². The SMILES string of the molecule is O=c1oc(CCBr)c(-c2cc[c]cc2)o1. The van der Waals surface area contributed by atoms with Crippen molar-refractivity contribution < 1.29 is 8.83 Å². The fourth-order valence-electron chi connectivity index (χ4n) is 1.32. The molecule has 0 amide bonds. The van der Waals surface area contributed by atoms with Crippen molar-refractivity contribution in [1.29, 1.82) is 0 Å². The van der Waals surface area contributed by atoms with E-state index in [9.17, 15) is 4.79 Å². The predicted octanol–water partition coefficient (Wildman–Crippen LogP) is 2.64. The van der Waals surface area contributed by atoms with E-state index in [1.165, 1.54) is 0 Å².